The van der Waals surface area contributed by atoms with Crippen LogP contribution in [0.4, 0.5) is 22.1 Å². The number of rotatable bonds is 11. The smallest absolute Gasteiger partial charge is 0.421 e. The molecule has 6 atom stereocenters. The first-order valence-corrected chi connectivity index (χ1v) is 22.3. The molecule has 0 radical (unpaired) electrons. The molecule has 1 aromatic heterocycles. The maximum absolute atomic E-state index is 16.4. The zero-order valence-corrected chi connectivity index (χ0v) is 36.5. The van der Waals surface area contributed by atoms with Crippen molar-refractivity contribution >= 4 is 41.2 Å². The number of hydrogen-bond donors (Lipinski definition) is 1. The lowest BCUT2D eigenvalue weighted by Crippen LogP contribution is -2.59. The molecule has 6 unspecified atom stereocenters. The van der Waals surface area contributed by atoms with E-state index in [9.17, 15) is 20.0 Å². The Morgan fingerprint density at radius 1 is 0.779 bits per heavy atom. The molecule has 1 spiro atoms. The average Bonchev–Trinajstić information content (AvgIpc) is 3.84. The van der Waals surface area contributed by atoms with Gasteiger partial charge in [-0.15, -0.1) is 0 Å². The average molecular weight is 916 g/mol. The van der Waals surface area contributed by atoms with Gasteiger partial charge in [0, 0.05) is 50.7 Å². The maximum Gasteiger partial charge on any atom is 0.421 e. The zero-order chi connectivity index (χ0) is 46.9. The first-order chi connectivity index (χ1) is 33.2. The number of non-ortho nitro benzene ring substituents is 1. The summed E-state index contributed by atoms with van der Waals surface area (Å²) in [6.07, 6.45) is 1.32. The van der Waals surface area contributed by atoms with Crippen LogP contribution in [0, 0.1) is 16.0 Å². The van der Waals surface area contributed by atoms with E-state index in [0.29, 0.717) is 47.0 Å². The van der Waals surface area contributed by atoms with Gasteiger partial charge in [0.15, 0.2) is 0 Å². The number of aliphatic hydroxyl groups excluding tert-OH is 1. The maximum atomic E-state index is 16.4. The van der Waals surface area contributed by atoms with Crippen LogP contribution in [0.3, 0.4) is 0 Å². The van der Waals surface area contributed by atoms with Gasteiger partial charge in [-0.2, -0.15) is 0 Å². The van der Waals surface area contributed by atoms with Crippen molar-refractivity contribution in [3.63, 3.8) is 0 Å². The molecule has 4 aliphatic rings. The molecule has 68 heavy (non-hydrogen) atoms. The molecular weight excluding hydrogens is 871 g/mol. The van der Waals surface area contributed by atoms with Gasteiger partial charge in [0.1, 0.15) is 36.5 Å². The molecule has 3 amide bonds. The second-order valence-electron chi connectivity index (χ2n) is 16.9. The van der Waals surface area contributed by atoms with Crippen LogP contribution in [0.5, 0.6) is 5.75 Å². The van der Waals surface area contributed by atoms with E-state index in [1.807, 2.05) is 76.5 Å². The molecule has 0 aliphatic carbocycles. The van der Waals surface area contributed by atoms with Crippen LogP contribution in [-0.4, -0.2) is 99.1 Å². The number of esters is 1. The highest BCUT2D eigenvalue weighted by Crippen LogP contribution is 2.66. The second-order valence-corrected chi connectivity index (χ2v) is 16.9. The first-order valence-electron chi connectivity index (χ1n) is 22.3. The van der Waals surface area contributed by atoms with Gasteiger partial charge in [-0.3, -0.25) is 29.4 Å². The van der Waals surface area contributed by atoms with E-state index in [2.05, 4.69) is 9.97 Å². The Balaban J connectivity index is 1.17. The molecule has 3 saturated heterocycles. The fourth-order valence-corrected chi connectivity index (χ4v) is 10.5. The number of nitro groups is 1. The third kappa shape index (κ3) is 7.54. The summed E-state index contributed by atoms with van der Waals surface area (Å²) in [5.74, 6) is -2.62. The van der Waals surface area contributed by atoms with Crippen molar-refractivity contribution in [1.82, 2.24) is 19.8 Å². The lowest BCUT2D eigenvalue weighted by atomic mass is 9.65. The van der Waals surface area contributed by atoms with Crippen molar-refractivity contribution in [2.24, 2.45) is 5.92 Å². The highest BCUT2D eigenvalue weighted by Gasteiger charge is 2.76. The highest BCUT2D eigenvalue weighted by molar-refractivity contribution is 6.23. The van der Waals surface area contributed by atoms with Gasteiger partial charge in [-0.1, -0.05) is 91.0 Å². The topological polar surface area (TPSA) is 198 Å². The molecule has 5 heterocycles. The number of morpholine rings is 1. The largest absolute Gasteiger partial charge is 0.491 e. The van der Waals surface area contributed by atoms with E-state index in [4.69, 9.17) is 14.2 Å². The standard InChI is InChI=1S/C51H45N7O10/c59-29-30-66-38-16-9-15-36(31-38)45-51(39-17-7-8-18-40(39)56(48(51)62)50(63)67-32-33-19-21-37(22-20-33)58(64)65)41(46(60)54-25-27-55(28-26-54)49-52-23-10-24-53-49)43-47(61)68-44(35-13-5-2-6-14-35)42(57(43)45)34-11-3-1-4-12-34/h1-24,31,41-45,59H,25-30,32H2. The number of anilines is 2. The third-order valence-corrected chi connectivity index (χ3v) is 13.3. The molecule has 5 aromatic carbocycles. The summed E-state index contributed by atoms with van der Waals surface area (Å²) < 4.78 is 18.4. The summed E-state index contributed by atoms with van der Waals surface area (Å²) in [6.45, 7) is 0.482. The fraction of sp³-hybridized carbons (Fsp3) is 0.255. The number of hydrogen-bond acceptors (Lipinski definition) is 14. The fourth-order valence-electron chi connectivity index (χ4n) is 10.5. The minimum atomic E-state index is -2.00. The third-order valence-electron chi connectivity index (χ3n) is 13.3. The molecule has 0 saturated carbocycles. The number of carbonyl (C=O) groups is 4. The number of piperazine rings is 1. The molecule has 17 heteroatoms. The Labute approximate surface area is 390 Å². The minimum Gasteiger partial charge on any atom is -0.491 e. The lowest BCUT2D eigenvalue weighted by molar-refractivity contribution is -0.384. The Kier molecular flexibility index (Phi) is 11.8. The van der Waals surface area contributed by atoms with Crippen LogP contribution in [-0.2, 0) is 35.9 Å². The Hall–Kier alpha value is -8.02. The zero-order valence-electron chi connectivity index (χ0n) is 36.5. The molecule has 17 nitrogen and oxygen atoms in total. The normalized spacial score (nSPS) is 23.2. The number of aromatic nitrogens is 2. The predicted molar refractivity (Wildman–Crippen MR) is 245 cm³/mol. The van der Waals surface area contributed by atoms with Gasteiger partial charge in [0.2, 0.25) is 17.8 Å². The SMILES string of the molecule is O=C1OC(c2ccccc2)C(c2ccccc2)N2C1C(C(=O)N1CCN(c3ncccn3)CC1)C1(C(=O)N(C(=O)OCc3ccc([N+](=O)[O-])cc3)c3ccccc31)C2c1cccc(OCCO)c1. The first kappa shape index (κ1) is 43.9. The van der Waals surface area contributed by atoms with Crippen LogP contribution in [0.15, 0.2) is 152 Å². The molecule has 344 valence electrons. The van der Waals surface area contributed by atoms with Gasteiger partial charge < -0.3 is 29.1 Å². The van der Waals surface area contributed by atoms with E-state index in [1.165, 1.54) is 24.3 Å². The summed E-state index contributed by atoms with van der Waals surface area (Å²) in [5, 5.41) is 21.1. The van der Waals surface area contributed by atoms with E-state index < -0.39 is 64.4 Å². The number of carbonyl (C=O) groups excluding carboxylic acids is 4. The van der Waals surface area contributed by atoms with E-state index in [0.717, 1.165) is 10.5 Å². The minimum absolute atomic E-state index is 0.0299. The molecule has 1 N–H and O–H groups in total. The summed E-state index contributed by atoms with van der Waals surface area (Å²) in [5.41, 5.74) is 0.700. The lowest BCUT2D eigenvalue weighted by Gasteiger charge is -2.46. The van der Waals surface area contributed by atoms with Crippen LogP contribution < -0.4 is 14.5 Å². The number of aliphatic hydroxyl groups is 1. The monoisotopic (exact) mass is 915 g/mol. The van der Waals surface area contributed by atoms with Crippen molar-refractivity contribution in [3.8, 4) is 5.75 Å². The van der Waals surface area contributed by atoms with Gasteiger partial charge >= 0.3 is 12.1 Å². The molecule has 3 fully saturated rings. The Morgan fingerprint density at radius 2 is 1.44 bits per heavy atom. The quantitative estimate of drug-likeness (QED) is 0.0888. The van der Waals surface area contributed by atoms with Gasteiger partial charge in [-0.25, -0.2) is 19.7 Å². The van der Waals surface area contributed by atoms with Crippen molar-refractivity contribution in [2.75, 3.05) is 49.2 Å². The number of cyclic esters (lactones) is 1. The number of ether oxygens (including phenoxy) is 3. The Morgan fingerprint density at radius 3 is 2.13 bits per heavy atom. The summed E-state index contributed by atoms with van der Waals surface area (Å²) >= 11 is 0. The molecule has 0 bridgehead atoms. The number of nitrogens with zero attached hydrogens (tertiary/aromatic N) is 7. The molecule has 10 rings (SSSR count). The van der Waals surface area contributed by atoms with Crippen LogP contribution in [0.25, 0.3) is 0 Å². The Bertz CT molecular complexity index is 2850. The van der Waals surface area contributed by atoms with Gasteiger partial charge in [-0.05, 0) is 64.2 Å². The number of fused-ring (bicyclic) bond motifs is 3. The second kappa shape index (κ2) is 18.3. The summed E-state index contributed by atoms with van der Waals surface area (Å²) in [7, 11) is 0. The van der Waals surface area contributed by atoms with Gasteiger partial charge in [0.25, 0.3) is 5.69 Å². The van der Waals surface area contributed by atoms with Crippen LogP contribution >= 0.6 is 0 Å². The highest BCUT2D eigenvalue weighted by atomic mass is 16.6. The summed E-state index contributed by atoms with van der Waals surface area (Å²) in [6, 6.07) is 36.5. The predicted octanol–water partition coefficient (Wildman–Crippen LogP) is 6.11. The van der Waals surface area contributed by atoms with Gasteiger partial charge in [0.05, 0.1) is 35.2 Å². The summed E-state index contributed by atoms with van der Waals surface area (Å²) in [4.78, 5) is 88.7. The number of amides is 3. The molecular formula is C51H45N7O10. The van der Waals surface area contributed by atoms with Crippen molar-refractivity contribution < 1.29 is 43.4 Å². The van der Waals surface area contributed by atoms with Crippen molar-refractivity contribution in [3.05, 3.63) is 190 Å². The van der Waals surface area contributed by atoms with E-state index in [-0.39, 0.29) is 44.3 Å². The number of benzene rings is 5. The van der Waals surface area contributed by atoms with Crippen molar-refractivity contribution in [2.45, 2.75) is 36.3 Å². The van der Waals surface area contributed by atoms with Crippen LogP contribution in [0.1, 0.15) is 46.0 Å². The number of imide groups is 1. The van der Waals surface area contributed by atoms with E-state index in [1.54, 1.807) is 65.8 Å². The number of para-hydroxylation sites is 1. The molecule has 6 aromatic rings. The van der Waals surface area contributed by atoms with Crippen LogP contribution in [0.2, 0.25) is 0 Å². The molecule has 4 aliphatic heterocycles. The number of nitro benzene ring substituents is 1. The van der Waals surface area contributed by atoms with Crippen molar-refractivity contribution in [1.29, 1.82) is 0 Å². The van der Waals surface area contributed by atoms with E-state index >= 15 is 14.4 Å².